The van der Waals surface area contributed by atoms with Crippen LogP contribution in [0.4, 0.5) is 18.3 Å². The molecule has 0 aliphatic rings. The van der Waals surface area contributed by atoms with E-state index in [1.54, 1.807) is 0 Å². The second kappa shape index (κ2) is 3.69. The maximum absolute atomic E-state index is 12.3. The van der Waals surface area contributed by atoms with Gasteiger partial charge < -0.3 is 15.6 Å². The lowest BCUT2D eigenvalue weighted by Gasteiger charge is -2.03. The van der Waals surface area contributed by atoms with Gasteiger partial charge in [0.1, 0.15) is 11.7 Å². The van der Waals surface area contributed by atoms with Gasteiger partial charge in [-0.05, 0) is 6.92 Å². The molecular weight excluding hydrogens is 233 g/mol. The van der Waals surface area contributed by atoms with Gasteiger partial charge in [0.15, 0.2) is 0 Å². The zero-order chi connectivity index (χ0) is 11.8. The topological polar surface area (TPSA) is 79.0 Å². The molecule has 0 bridgehead atoms. The number of nitrogens with two attached hydrogens (primary N) is 1. The summed E-state index contributed by atoms with van der Waals surface area (Å²) in [6.07, 6.45) is -4.81. The van der Waals surface area contributed by atoms with Gasteiger partial charge in [-0.25, -0.2) is 0 Å². The second-order valence-corrected chi connectivity index (χ2v) is 4.78. The van der Waals surface area contributed by atoms with Gasteiger partial charge in [-0.3, -0.25) is 0 Å². The smallest absolute Gasteiger partial charge is 0.439 e. The van der Waals surface area contributed by atoms with E-state index < -0.39 is 33.2 Å². The molecule has 1 aromatic rings. The zero-order valence-corrected chi connectivity index (χ0v) is 8.41. The molecule has 4 nitrogen and oxygen atoms in total. The predicted molar refractivity (Wildman–Crippen MR) is 46.1 cm³/mol. The fraction of sp³-hybridized carbons (Fsp3) is 0.429. The summed E-state index contributed by atoms with van der Waals surface area (Å²) in [5, 5.41) is 10.3. The van der Waals surface area contributed by atoms with Gasteiger partial charge in [0.05, 0.1) is 0 Å². The number of carboxylic acid groups (broad SMARTS) is 1. The Labute approximate surface area is 85.5 Å². The highest BCUT2D eigenvalue weighted by molar-refractivity contribution is 7.35. The van der Waals surface area contributed by atoms with E-state index in [4.69, 9.17) is 5.73 Å². The molecule has 0 aliphatic heterocycles. The first-order valence-electron chi connectivity index (χ1n) is 3.87. The van der Waals surface area contributed by atoms with Crippen LogP contribution in [0.3, 0.4) is 0 Å². The summed E-state index contributed by atoms with van der Waals surface area (Å²) in [6.45, 7) is 1.54. The lowest BCUT2D eigenvalue weighted by atomic mass is 10.3. The van der Waals surface area contributed by atoms with Crippen LogP contribution in [-0.2, 0) is 11.9 Å². The molecule has 0 fully saturated rings. The van der Waals surface area contributed by atoms with Crippen molar-refractivity contribution in [2.45, 2.75) is 18.9 Å². The van der Waals surface area contributed by atoms with Crippen LogP contribution < -0.4 is 10.8 Å². The van der Waals surface area contributed by atoms with Crippen LogP contribution in [0.1, 0.15) is 22.3 Å². The Morgan fingerprint density at radius 2 is 2.13 bits per heavy atom. The zero-order valence-electron chi connectivity index (χ0n) is 7.59. The van der Waals surface area contributed by atoms with Crippen molar-refractivity contribution in [3.63, 3.8) is 0 Å². The number of alkyl halides is 3. The summed E-state index contributed by atoms with van der Waals surface area (Å²) < 4.78 is 37.0. The van der Waals surface area contributed by atoms with E-state index >= 15 is 0 Å². The lowest BCUT2D eigenvalue weighted by molar-refractivity contribution is -0.255. The fourth-order valence-electron chi connectivity index (χ4n) is 1.12. The third kappa shape index (κ3) is 2.04. The van der Waals surface area contributed by atoms with Crippen molar-refractivity contribution in [1.82, 2.24) is 4.98 Å². The average Bonchev–Trinajstić information content (AvgIpc) is 2.41. The van der Waals surface area contributed by atoms with Crippen LogP contribution in [-0.4, -0.2) is 11.0 Å². The number of hydrogen-bond acceptors (Lipinski definition) is 4. The normalized spacial score (nSPS) is 12.9. The first kappa shape index (κ1) is 11.8. The van der Waals surface area contributed by atoms with E-state index in [1.165, 1.54) is 6.92 Å². The van der Waals surface area contributed by atoms with E-state index in [0.29, 0.717) is 0 Å². The van der Waals surface area contributed by atoms with Crippen LogP contribution in [0.2, 0.25) is 0 Å². The number of nitrogen functional groups attached to an aromatic ring is 1. The number of hydrogen-bond donors (Lipinski definition) is 1. The van der Waals surface area contributed by atoms with E-state index in [-0.39, 0.29) is 10.9 Å². The molecule has 0 amide bonds. The molecule has 0 saturated heterocycles. The molecule has 15 heavy (non-hydrogen) atoms. The number of rotatable bonds is 2. The molecule has 0 aliphatic carbocycles. The molecule has 8 heteroatoms. The van der Waals surface area contributed by atoms with Crippen molar-refractivity contribution in [2.24, 2.45) is 0 Å². The van der Waals surface area contributed by atoms with Crippen LogP contribution in [0.25, 0.3) is 0 Å². The van der Waals surface area contributed by atoms with E-state index in [9.17, 15) is 23.1 Å². The number of nitrogens with zero attached hydrogens (tertiary/aromatic N) is 1. The van der Waals surface area contributed by atoms with Gasteiger partial charge in [-0.1, -0.05) is 0 Å². The summed E-state index contributed by atoms with van der Waals surface area (Å²) in [5.74, 6) is -1.70. The van der Waals surface area contributed by atoms with Crippen molar-refractivity contribution in [1.29, 1.82) is 0 Å². The number of thiazole rings is 1. The van der Waals surface area contributed by atoms with Crippen molar-refractivity contribution in [3.8, 4) is 0 Å². The highest BCUT2D eigenvalue weighted by atomic mass is 32.2. The van der Waals surface area contributed by atoms with Crippen molar-refractivity contribution < 1.29 is 23.1 Å². The summed E-state index contributed by atoms with van der Waals surface area (Å²) in [5.41, 5.74) is 3.79. The first-order valence-corrected chi connectivity index (χ1v) is 5.26. The standard InChI is InChI=1S/C7H7F3N2O2S/c1-2-15-3(5(13)14)4(7(8,9)10)12-6(15)11/h2H2,1H3,(H2-,11,12,13,14). The SMILES string of the molecule is CC[s+]1c(N)nc(C(F)(F)F)c1C(=O)[O-]. The third-order valence-electron chi connectivity index (χ3n) is 1.68. The molecule has 0 radical (unpaired) electrons. The minimum atomic E-state index is -4.81. The van der Waals surface area contributed by atoms with Crippen molar-refractivity contribution >= 4 is 21.6 Å². The molecule has 0 spiro atoms. The number of aromatic nitrogens is 1. The Balaban J connectivity index is 3.47. The van der Waals surface area contributed by atoms with Gasteiger partial charge >= 0.3 is 11.3 Å². The fourth-order valence-corrected chi connectivity index (χ4v) is 2.71. The van der Waals surface area contributed by atoms with Crippen LogP contribution in [0.5, 0.6) is 0 Å². The summed E-state index contributed by atoms with van der Waals surface area (Å²) >= 11 is 0. The monoisotopic (exact) mass is 240 g/mol. The molecule has 1 unspecified atom stereocenters. The first-order chi connectivity index (χ1) is 6.79. The second-order valence-electron chi connectivity index (χ2n) is 2.59. The quantitative estimate of drug-likeness (QED) is 0.776. The van der Waals surface area contributed by atoms with E-state index in [1.807, 2.05) is 0 Å². The number of carbonyl (C=O) groups is 1. The summed E-state index contributed by atoms with van der Waals surface area (Å²) in [7, 11) is -1.30. The minimum Gasteiger partial charge on any atom is -0.540 e. The maximum Gasteiger partial charge on any atom is 0.439 e. The van der Waals surface area contributed by atoms with Gasteiger partial charge in [-0.2, -0.15) is 18.2 Å². The number of halogens is 3. The Morgan fingerprint density at radius 1 is 1.60 bits per heavy atom. The van der Waals surface area contributed by atoms with Gasteiger partial charge in [0.2, 0.25) is 10.6 Å². The highest BCUT2D eigenvalue weighted by Gasteiger charge is 2.43. The lowest BCUT2D eigenvalue weighted by Crippen LogP contribution is -2.25. The van der Waals surface area contributed by atoms with Gasteiger partial charge in [-0.15, -0.1) is 0 Å². The molecule has 1 atom stereocenters. The molecule has 1 heterocycles. The molecule has 0 saturated carbocycles. The summed E-state index contributed by atoms with van der Waals surface area (Å²) in [4.78, 5) is 12.8. The Kier molecular flexibility index (Phi) is 2.89. The van der Waals surface area contributed by atoms with E-state index in [0.717, 1.165) is 0 Å². The molecule has 2 N–H and O–H groups in total. The van der Waals surface area contributed by atoms with Crippen LogP contribution >= 0.6 is 10.5 Å². The van der Waals surface area contributed by atoms with Crippen LogP contribution in [0, 0.1) is 0 Å². The molecular formula is C7H7F3N2O2S. The summed E-state index contributed by atoms with van der Waals surface area (Å²) in [6, 6.07) is 0. The Morgan fingerprint density at radius 3 is 2.47 bits per heavy atom. The average molecular weight is 240 g/mol. The molecule has 84 valence electrons. The Hall–Kier alpha value is -1.31. The van der Waals surface area contributed by atoms with E-state index in [2.05, 4.69) is 4.98 Å². The largest absolute Gasteiger partial charge is 0.540 e. The number of aromatic carboxylic acids is 1. The number of carboxylic acids is 1. The van der Waals surface area contributed by atoms with Crippen LogP contribution in [0.15, 0.2) is 0 Å². The maximum atomic E-state index is 12.3. The third-order valence-corrected chi connectivity index (χ3v) is 3.70. The van der Waals surface area contributed by atoms with Crippen molar-refractivity contribution in [2.75, 3.05) is 5.73 Å². The van der Waals surface area contributed by atoms with Crippen molar-refractivity contribution in [3.05, 3.63) is 10.6 Å². The predicted octanol–water partition coefficient (Wildman–Crippen LogP) is 0.815. The van der Waals surface area contributed by atoms with Gasteiger partial charge in [0, 0.05) is 10.5 Å². The number of carbonyl (C=O) groups excluding carboxylic acids is 1. The Bertz CT molecular complexity index is 400. The minimum absolute atomic E-state index is 0.165. The number of anilines is 1. The molecule has 1 aromatic heterocycles. The molecule has 1 rings (SSSR count). The molecule has 0 aromatic carbocycles. The highest BCUT2D eigenvalue weighted by Crippen LogP contribution is 2.41. The van der Waals surface area contributed by atoms with Gasteiger partial charge in [0.25, 0.3) is 0 Å².